The number of aryl methyl sites for hydroxylation is 1. The number of hydrogen-bond acceptors (Lipinski definition) is 5. The maximum absolute atomic E-state index is 12.0. The third-order valence-electron chi connectivity index (χ3n) is 3.82. The van der Waals surface area contributed by atoms with E-state index >= 15 is 0 Å². The van der Waals surface area contributed by atoms with Gasteiger partial charge in [0.2, 0.25) is 0 Å². The van der Waals surface area contributed by atoms with Gasteiger partial charge in [-0.15, -0.1) is 0 Å². The number of amides is 1. The van der Waals surface area contributed by atoms with Gasteiger partial charge < -0.3 is 14.3 Å². The molecule has 6 heteroatoms. The zero-order valence-corrected chi connectivity index (χ0v) is 12.1. The lowest BCUT2D eigenvalue weighted by atomic mass is 9.89. The molecule has 0 bridgehead atoms. The van der Waals surface area contributed by atoms with E-state index in [2.05, 4.69) is 15.5 Å². The molecule has 1 amide bonds. The van der Waals surface area contributed by atoms with E-state index in [1.54, 1.807) is 6.07 Å². The lowest BCUT2D eigenvalue weighted by Gasteiger charge is -2.17. The molecule has 0 saturated heterocycles. The Bertz CT molecular complexity index is 611. The molecule has 1 aliphatic rings. The van der Waals surface area contributed by atoms with Crippen LogP contribution in [-0.4, -0.2) is 16.0 Å². The van der Waals surface area contributed by atoms with Crippen molar-refractivity contribution in [3.05, 3.63) is 35.4 Å². The number of nitrogens with zero attached hydrogens (tertiary/aromatic N) is 2. The average Bonchev–Trinajstić information content (AvgIpc) is 3.15. The Balaban J connectivity index is 1.58. The number of rotatable bonds is 4. The highest BCUT2D eigenvalue weighted by Gasteiger charge is 2.22. The molecule has 3 rings (SSSR count). The van der Waals surface area contributed by atoms with Crippen LogP contribution in [0.25, 0.3) is 0 Å². The standard InChI is InChI=1S/C15H19N3O3/c1-10-7-12(18-21-10)8-16-14(19)13-9-20-15(17-13)11-5-3-2-4-6-11/h7,9,11H,2-6,8H2,1H3,(H,16,19). The van der Waals surface area contributed by atoms with Crippen molar-refractivity contribution in [2.75, 3.05) is 0 Å². The summed E-state index contributed by atoms with van der Waals surface area (Å²) in [5.74, 6) is 1.53. The fourth-order valence-corrected chi connectivity index (χ4v) is 2.69. The first-order valence-corrected chi connectivity index (χ1v) is 7.38. The van der Waals surface area contributed by atoms with E-state index in [4.69, 9.17) is 8.94 Å². The molecular weight excluding hydrogens is 270 g/mol. The fraction of sp³-hybridized carbons (Fsp3) is 0.533. The van der Waals surface area contributed by atoms with Crippen molar-refractivity contribution < 1.29 is 13.7 Å². The maximum Gasteiger partial charge on any atom is 0.273 e. The lowest BCUT2D eigenvalue weighted by Crippen LogP contribution is -2.23. The Morgan fingerprint density at radius 2 is 2.19 bits per heavy atom. The van der Waals surface area contributed by atoms with E-state index in [0.29, 0.717) is 29.7 Å². The summed E-state index contributed by atoms with van der Waals surface area (Å²) in [7, 11) is 0. The predicted molar refractivity (Wildman–Crippen MR) is 74.7 cm³/mol. The molecule has 0 aromatic carbocycles. The van der Waals surface area contributed by atoms with Crippen LogP contribution in [0.1, 0.15) is 65.9 Å². The summed E-state index contributed by atoms with van der Waals surface area (Å²) in [4.78, 5) is 16.4. The zero-order chi connectivity index (χ0) is 14.7. The summed E-state index contributed by atoms with van der Waals surface area (Å²) in [6.45, 7) is 2.13. The Morgan fingerprint density at radius 3 is 2.90 bits per heavy atom. The molecule has 2 aromatic rings. The molecule has 1 N–H and O–H groups in total. The minimum absolute atomic E-state index is 0.249. The van der Waals surface area contributed by atoms with Crippen LogP contribution in [0.3, 0.4) is 0 Å². The summed E-state index contributed by atoms with van der Waals surface area (Å²) in [5.41, 5.74) is 1.02. The van der Waals surface area contributed by atoms with Crippen molar-refractivity contribution in [3.8, 4) is 0 Å². The van der Waals surface area contributed by atoms with Crippen molar-refractivity contribution in [2.45, 2.75) is 51.5 Å². The molecule has 2 aromatic heterocycles. The lowest BCUT2D eigenvalue weighted by molar-refractivity contribution is 0.0945. The number of carbonyl (C=O) groups excluding carboxylic acids is 1. The Hall–Kier alpha value is -2.11. The molecule has 0 aliphatic heterocycles. The second-order valence-electron chi connectivity index (χ2n) is 5.52. The summed E-state index contributed by atoms with van der Waals surface area (Å²) in [6.07, 6.45) is 7.33. The van der Waals surface area contributed by atoms with Crippen LogP contribution in [0.4, 0.5) is 0 Å². The number of aromatic nitrogens is 2. The highest BCUT2D eigenvalue weighted by molar-refractivity contribution is 5.91. The molecule has 2 heterocycles. The molecule has 0 unspecified atom stereocenters. The minimum Gasteiger partial charge on any atom is -0.448 e. The highest BCUT2D eigenvalue weighted by Crippen LogP contribution is 2.31. The van der Waals surface area contributed by atoms with Crippen molar-refractivity contribution >= 4 is 5.91 Å². The summed E-state index contributed by atoms with van der Waals surface area (Å²) in [5, 5.41) is 6.59. The second kappa shape index (κ2) is 6.11. The van der Waals surface area contributed by atoms with Crippen LogP contribution in [0.15, 0.2) is 21.3 Å². The first-order chi connectivity index (χ1) is 10.2. The SMILES string of the molecule is Cc1cc(CNC(=O)c2coc(C3CCCCC3)n2)no1. The van der Waals surface area contributed by atoms with Crippen LogP contribution in [0.2, 0.25) is 0 Å². The van der Waals surface area contributed by atoms with E-state index in [0.717, 1.165) is 18.6 Å². The van der Waals surface area contributed by atoms with Crippen molar-refractivity contribution in [3.63, 3.8) is 0 Å². The van der Waals surface area contributed by atoms with E-state index in [1.165, 1.54) is 25.5 Å². The van der Waals surface area contributed by atoms with Gasteiger partial charge in [0.25, 0.3) is 5.91 Å². The van der Waals surface area contributed by atoms with Crippen molar-refractivity contribution in [1.82, 2.24) is 15.5 Å². The van der Waals surface area contributed by atoms with E-state index in [9.17, 15) is 4.79 Å². The van der Waals surface area contributed by atoms with Gasteiger partial charge in [-0.25, -0.2) is 4.98 Å². The molecule has 0 atom stereocenters. The normalized spacial score (nSPS) is 16.0. The Morgan fingerprint density at radius 1 is 1.38 bits per heavy atom. The van der Waals surface area contributed by atoms with Gasteiger partial charge in [0, 0.05) is 12.0 Å². The summed E-state index contributed by atoms with van der Waals surface area (Å²) < 4.78 is 10.4. The highest BCUT2D eigenvalue weighted by atomic mass is 16.5. The van der Waals surface area contributed by atoms with Crippen LogP contribution < -0.4 is 5.32 Å². The van der Waals surface area contributed by atoms with Gasteiger partial charge in [-0.3, -0.25) is 4.79 Å². The smallest absolute Gasteiger partial charge is 0.273 e. The van der Waals surface area contributed by atoms with Gasteiger partial charge in [0.05, 0.1) is 6.54 Å². The molecule has 21 heavy (non-hydrogen) atoms. The van der Waals surface area contributed by atoms with E-state index in [-0.39, 0.29) is 5.91 Å². The number of nitrogens with one attached hydrogen (secondary N) is 1. The predicted octanol–water partition coefficient (Wildman–Crippen LogP) is 2.95. The van der Waals surface area contributed by atoms with E-state index in [1.807, 2.05) is 6.92 Å². The summed E-state index contributed by atoms with van der Waals surface area (Å²) in [6, 6.07) is 1.79. The molecule has 6 nitrogen and oxygen atoms in total. The van der Waals surface area contributed by atoms with Crippen molar-refractivity contribution in [1.29, 1.82) is 0 Å². The largest absolute Gasteiger partial charge is 0.448 e. The first kappa shape index (κ1) is 13.9. The quantitative estimate of drug-likeness (QED) is 0.935. The second-order valence-corrected chi connectivity index (χ2v) is 5.52. The molecule has 1 aliphatic carbocycles. The monoisotopic (exact) mass is 289 g/mol. The van der Waals surface area contributed by atoms with Gasteiger partial charge >= 0.3 is 0 Å². The molecule has 1 saturated carbocycles. The summed E-state index contributed by atoms with van der Waals surface area (Å²) >= 11 is 0. The van der Waals surface area contributed by atoms with Crippen LogP contribution in [-0.2, 0) is 6.54 Å². The topological polar surface area (TPSA) is 81.2 Å². The molecular formula is C15H19N3O3. The van der Waals surface area contributed by atoms with Gasteiger partial charge in [-0.05, 0) is 19.8 Å². The van der Waals surface area contributed by atoms with E-state index < -0.39 is 0 Å². The fourth-order valence-electron chi connectivity index (χ4n) is 2.69. The first-order valence-electron chi connectivity index (χ1n) is 7.38. The molecule has 0 radical (unpaired) electrons. The number of carbonyl (C=O) groups is 1. The van der Waals surface area contributed by atoms with Crippen LogP contribution in [0.5, 0.6) is 0 Å². The third-order valence-corrected chi connectivity index (χ3v) is 3.82. The number of oxazole rings is 1. The Kier molecular flexibility index (Phi) is 4.03. The molecule has 0 spiro atoms. The molecule has 112 valence electrons. The van der Waals surface area contributed by atoms with Crippen LogP contribution >= 0.6 is 0 Å². The number of hydrogen-bond donors (Lipinski definition) is 1. The average molecular weight is 289 g/mol. The minimum atomic E-state index is -0.249. The van der Waals surface area contributed by atoms with Crippen molar-refractivity contribution in [2.24, 2.45) is 0 Å². The van der Waals surface area contributed by atoms with Gasteiger partial charge in [-0.1, -0.05) is 24.4 Å². The zero-order valence-electron chi connectivity index (χ0n) is 12.1. The van der Waals surface area contributed by atoms with Gasteiger partial charge in [-0.2, -0.15) is 0 Å². The van der Waals surface area contributed by atoms with Gasteiger partial charge in [0.15, 0.2) is 11.6 Å². The Labute approximate surface area is 122 Å². The van der Waals surface area contributed by atoms with Crippen LogP contribution in [0, 0.1) is 6.92 Å². The maximum atomic E-state index is 12.0. The third kappa shape index (κ3) is 3.32. The molecule has 1 fully saturated rings. The van der Waals surface area contributed by atoms with Gasteiger partial charge in [0.1, 0.15) is 17.7 Å².